The van der Waals surface area contributed by atoms with E-state index in [1.807, 2.05) is 6.92 Å². The van der Waals surface area contributed by atoms with Crippen molar-refractivity contribution in [1.82, 2.24) is 5.32 Å². The number of hydrogen-bond acceptors (Lipinski definition) is 7. The third-order valence-electron chi connectivity index (χ3n) is 6.97. The molecule has 0 saturated heterocycles. The summed E-state index contributed by atoms with van der Waals surface area (Å²) < 4.78 is 34.7. The van der Waals surface area contributed by atoms with Gasteiger partial charge < -0.3 is 20.3 Å². The molecule has 232 valence electrons. The molecule has 0 saturated carbocycles. The van der Waals surface area contributed by atoms with Crippen LogP contribution < -0.4 is 5.32 Å². The van der Waals surface area contributed by atoms with Crippen molar-refractivity contribution in [3.05, 3.63) is 29.8 Å². The van der Waals surface area contributed by atoms with Gasteiger partial charge >= 0.3 is 6.09 Å². The summed E-state index contributed by atoms with van der Waals surface area (Å²) in [5.41, 5.74) is -0.656. The lowest BCUT2D eigenvalue weighted by molar-refractivity contribution is 0.0269. The van der Waals surface area contributed by atoms with E-state index in [-0.39, 0.29) is 24.7 Å². The monoisotopic (exact) mass is 585 g/mol. The molecule has 0 fully saturated rings. The number of amides is 1. The number of carbonyl (C=O) groups excluding carboxylic acids is 1. The number of aryl methyl sites for hydroxylation is 1. The maximum atomic E-state index is 12.2. The summed E-state index contributed by atoms with van der Waals surface area (Å²) >= 11 is 0. The zero-order valence-corrected chi connectivity index (χ0v) is 26.2. The van der Waals surface area contributed by atoms with E-state index < -0.39 is 27.4 Å². The van der Waals surface area contributed by atoms with Crippen LogP contribution in [0, 0.1) is 6.92 Å². The Hall–Kier alpha value is -1.68. The van der Waals surface area contributed by atoms with E-state index in [4.69, 9.17) is 8.92 Å². The minimum absolute atomic E-state index is 0.218. The molecule has 1 amide bonds. The third kappa shape index (κ3) is 16.6. The van der Waals surface area contributed by atoms with Crippen LogP contribution in [0.2, 0.25) is 0 Å². The average molecular weight is 586 g/mol. The summed E-state index contributed by atoms with van der Waals surface area (Å²) in [5.74, 6) is 0. The highest BCUT2D eigenvalue weighted by Gasteiger charge is 2.32. The Morgan fingerprint density at radius 1 is 0.750 bits per heavy atom. The van der Waals surface area contributed by atoms with Gasteiger partial charge in [0.15, 0.2) is 0 Å². The first-order valence-electron chi connectivity index (χ1n) is 15.1. The van der Waals surface area contributed by atoms with Crippen LogP contribution in [0.1, 0.15) is 123 Å². The number of unbranched alkanes of at least 4 members (excludes halogenated alkanes) is 13. The topological polar surface area (TPSA) is 122 Å². The van der Waals surface area contributed by atoms with Crippen molar-refractivity contribution < 1.29 is 32.3 Å². The number of nitrogens with one attached hydrogen (secondary N) is 1. The second-order valence-corrected chi connectivity index (χ2v) is 13.6. The molecule has 0 heterocycles. The van der Waals surface area contributed by atoms with Crippen LogP contribution >= 0.6 is 0 Å². The van der Waals surface area contributed by atoms with E-state index >= 15 is 0 Å². The number of aliphatic hydroxyl groups is 2. The SMILES string of the molecule is Cc1ccc(S(=O)(=O)OCCCCCCCCCCCCCCCCC(CO)(CO)NC(=O)OC(C)(C)C)cc1. The van der Waals surface area contributed by atoms with Crippen molar-refractivity contribution in [3.63, 3.8) is 0 Å². The Balaban J connectivity index is 1.97. The van der Waals surface area contributed by atoms with Crippen LogP contribution in [-0.2, 0) is 19.0 Å². The van der Waals surface area contributed by atoms with Gasteiger partial charge in [-0.15, -0.1) is 0 Å². The summed E-state index contributed by atoms with van der Waals surface area (Å²) in [7, 11) is -3.65. The van der Waals surface area contributed by atoms with Gasteiger partial charge in [0.25, 0.3) is 10.1 Å². The van der Waals surface area contributed by atoms with Crippen LogP contribution in [0.3, 0.4) is 0 Å². The first kappa shape index (κ1) is 36.3. The third-order valence-corrected chi connectivity index (χ3v) is 8.30. The molecule has 0 aliphatic carbocycles. The first-order valence-corrected chi connectivity index (χ1v) is 16.5. The molecular formula is C31H55NO7S. The predicted octanol–water partition coefficient (Wildman–Crippen LogP) is 6.80. The van der Waals surface area contributed by atoms with E-state index in [0.717, 1.165) is 44.1 Å². The van der Waals surface area contributed by atoms with E-state index in [0.29, 0.717) is 6.42 Å². The second kappa shape index (κ2) is 19.4. The Kier molecular flexibility index (Phi) is 17.7. The molecule has 9 heteroatoms. The summed E-state index contributed by atoms with van der Waals surface area (Å²) in [6.07, 6.45) is 15.4. The normalized spacial score (nSPS) is 12.4. The highest BCUT2D eigenvalue weighted by atomic mass is 32.2. The quantitative estimate of drug-likeness (QED) is 0.101. The largest absolute Gasteiger partial charge is 0.444 e. The molecule has 0 bridgehead atoms. The molecule has 0 spiro atoms. The molecule has 0 radical (unpaired) electrons. The highest BCUT2D eigenvalue weighted by Crippen LogP contribution is 2.19. The van der Waals surface area contributed by atoms with Gasteiger partial charge in [0, 0.05) is 0 Å². The fourth-order valence-corrected chi connectivity index (χ4v) is 5.44. The zero-order chi connectivity index (χ0) is 29.9. The molecule has 40 heavy (non-hydrogen) atoms. The molecule has 0 aliphatic rings. The second-order valence-electron chi connectivity index (χ2n) is 12.0. The predicted molar refractivity (Wildman–Crippen MR) is 160 cm³/mol. The van der Waals surface area contributed by atoms with E-state index in [1.54, 1.807) is 45.0 Å². The molecule has 0 aromatic heterocycles. The van der Waals surface area contributed by atoms with Crippen molar-refractivity contribution >= 4 is 16.2 Å². The number of benzene rings is 1. The van der Waals surface area contributed by atoms with Crippen molar-refractivity contribution in [1.29, 1.82) is 0 Å². The summed E-state index contributed by atoms with van der Waals surface area (Å²) in [4.78, 5) is 12.3. The Morgan fingerprint density at radius 3 is 1.60 bits per heavy atom. The molecule has 0 atom stereocenters. The van der Waals surface area contributed by atoms with Gasteiger partial charge in [-0.1, -0.05) is 101 Å². The number of alkyl carbamates (subject to hydrolysis) is 1. The molecule has 0 aliphatic heterocycles. The number of ether oxygens (including phenoxy) is 1. The molecule has 1 aromatic rings. The smallest absolute Gasteiger partial charge is 0.408 e. The highest BCUT2D eigenvalue weighted by molar-refractivity contribution is 7.86. The maximum absolute atomic E-state index is 12.2. The van der Waals surface area contributed by atoms with Crippen molar-refractivity contribution in [2.75, 3.05) is 19.8 Å². The van der Waals surface area contributed by atoms with Crippen LogP contribution in [0.5, 0.6) is 0 Å². The minimum Gasteiger partial charge on any atom is -0.444 e. The number of rotatable bonds is 22. The van der Waals surface area contributed by atoms with Gasteiger partial charge in [-0.3, -0.25) is 4.18 Å². The average Bonchev–Trinajstić information content (AvgIpc) is 2.89. The summed E-state index contributed by atoms with van der Waals surface area (Å²) in [6, 6.07) is 6.72. The lowest BCUT2D eigenvalue weighted by Gasteiger charge is -2.32. The lowest BCUT2D eigenvalue weighted by Crippen LogP contribution is -2.55. The van der Waals surface area contributed by atoms with Gasteiger partial charge in [0.1, 0.15) is 5.60 Å². The number of aliphatic hydroxyl groups excluding tert-OH is 2. The van der Waals surface area contributed by atoms with Gasteiger partial charge in [0.05, 0.1) is 30.3 Å². The van der Waals surface area contributed by atoms with Gasteiger partial charge in [-0.25, -0.2) is 4.79 Å². The van der Waals surface area contributed by atoms with Gasteiger partial charge in [0.2, 0.25) is 0 Å². The lowest BCUT2D eigenvalue weighted by atomic mass is 9.93. The first-order chi connectivity index (χ1) is 18.9. The fraction of sp³-hybridized carbons (Fsp3) is 0.774. The van der Waals surface area contributed by atoms with Crippen molar-refractivity contribution in [3.8, 4) is 0 Å². The van der Waals surface area contributed by atoms with E-state index in [2.05, 4.69) is 5.32 Å². The van der Waals surface area contributed by atoms with E-state index in [1.165, 1.54) is 51.4 Å². The maximum Gasteiger partial charge on any atom is 0.408 e. The fourth-order valence-electron chi connectivity index (χ4n) is 4.50. The molecule has 1 rings (SSSR count). The van der Waals surface area contributed by atoms with Gasteiger partial charge in [-0.05, 0) is 52.7 Å². The molecular weight excluding hydrogens is 530 g/mol. The Bertz CT molecular complexity index is 907. The van der Waals surface area contributed by atoms with Gasteiger partial charge in [-0.2, -0.15) is 8.42 Å². The van der Waals surface area contributed by atoms with Crippen LogP contribution in [-0.4, -0.2) is 55.7 Å². The summed E-state index contributed by atoms with van der Waals surface area (Å²) in [6.45, 7) is 6.84. The summed E-state index contributed by atoms with van der Waals surface area (Å²) in [5, 5.41) is 22.2. The van der Waals surface area contributed by atoms with Crippen molar-refractivity contribution in [2.24, 2.45) is 0 Å². The number of carbonyl (C=O) groups is 1. The minimum atomic E-state index is -3.65. The zero-order valence-electron chi connectivity index (χ0n) is 25.4. The molecule has 3 N–H and O–H groups in total. The Labute approximate surface area is 243 Å². The standard InChI is InChI=1S/C31H55NO7S/c1-27-19-21-28(22-20-27)40(36,37)38-24-18-16-14-12-10-8-6-5-7-9-11-13-15-17-23-31(25-33,26-34)32-29(35)39-30(2,3)4/h19-22,33-34H,5-18,23-26H2,1-4H3,(H,32,35). The molecule has 1 aromatic carbocycles. The van der Waals surface area contributed by atoms with Crippen LogP contribution in [0.4, 0.5) is 4.79 Å². The number of hydrogen-bond donors (Lipinski definition) is 3. The van der Waals surface area contributed by atoms with E-state index in [9.17, 15) is 23.4 Å². The Morgan fingerprint density at radius 2 is 1.18 bits per heavy atom. The van der Waals surface area contributed by atoms with Crippen LogP contribution in [0.15, 0.2) is 29.2 Å². The van der Waals surface area contributed by atoms with Crippen LogP contribution in [0.25, 0.3) is 0 Å². The van der Waals surface area contributed by atoms with Crippen molar-refractivity contribution in [2.45, 2.75) is 140 Å². The molecule has 0 unspecified atom stereocenters. The molecule has 8 nitrogen and oxygen atoms in total.